The van der Waals surface area contributed by atoms with E-state index in [4.69, 9.17) is 0 Å². The molecule has 1 aromatic carbocycles. The number of Topliss-reactive ketones (excluding diaryl/α,β-unsaturated/α-hetero) is 1. The minimum absolute atomic E-state index is 0.132. The minimum Gasteiger partial charge on any atom is -0.395 e. The molecule has 1 aliphatic rings. The zero-order valence-electron chi connectivity index (χ0n) is 12.7. The molecule has 2 rings (SSSR count). The zero-order chi connectivity index (χ0) is 14.7. The fourth-order valence-electron chi connectivity index (χ4n) is 3.11. The van der Waals surface area contributed by atoms with Crippen LogP contribution < -0.4 is 0 Å². The van der Waals surface area contributed by atoms with Crippen LogP contribution in [-0.4, -0.2) is 41.0 Å². The van der Waals surface area contributed by atoms with Crippen LogP contribution in [0.5, 0.6) is 0 Å². The second kappa shape index (κ2) is 6.51. The van der Waals surface area contributed by atoms with Gasteiger partial charge in [0.15, 0.2) is 5.78 Å². The molecule has 1 aromatic rings. The van der Waals surface area contributed by atoms with Gasteiger partial charge in [-0.2, -0.15) is 0 Å². The van der Waals surface area contributed by atoms with Gasteiger partial charge in [-0.3, -0.25) is 9.69 Å². The fourth-order valence-corrected chi connectivity index (χ4v) is 3.11. The molecule has 0 saturated carbocycles. The van der Waals surface area contributed by atoms with Gasteiger partial charge in [-0.1, -0.05) is 24.1 Å². The number of aryl methyl sites for hydroxylation is 2. The molecule has 1 aliphatic heterocycles. The van der Waals surface area contributed by atoms with E-state index in [0.29, 0.717) is 0 Å². The van der Waals surface area contributed by atoms with Crippen molar-refractivity contribution in [2.24, 2.45) is 0 Å². The van der Waals surface area contributed by atoms with Crippen molar-refractivity contribution in [3.05, 3.63) is 34.9 Å². The number of rotatable bonds is 4. The lowest BCUT2D eigenvalue weighted by molar-refractivity contribution is 0.0490. The van der Waals surface area contributed by atoms with Crippen molar-refractivity contribution in [1.82, 2.24) is 4.90 Å². The Hall–Kier alpha value is -1.19. The van der Waals surface area contributed by atoms with E-state index >= 15 is 0 Å². The number of piperidine rings is 1. The summed E-state index contributed by atoms with van der Waals surface area (Å²) in [6, 6.07) is 6.00. The number of aliphatic hydroxyl groups is 1. The maximum Gasteiger partial charge on any atom is 0.179 e. The first-order valence-electron chi connectivity index (χ1n) is 7.52. The number of hydrogen-bond donors (Lipinski definition) is 1. The lowest BCUT2D eigenvalue weighted by atomic mass is 9.94. The van der Waals surface area contributed by atoms with Gasteiger partial charge in [-0.15, -0.1) is 0 Å². The molecule has 0 aromatic heterocycles. The highest BCUT2D eigenvalue weighted by Gasteiger charge is 2.30. The van der Waals surface area contributed by atoms with E-state index in [2.05, 4.69) is 4.90 Å². The second-order valence-electron chi connectivity index (χ2n) is 5.93. The van der Waals surface area contributed by atoms with Crippen LogP contribution in [0.25, 0.3) is 0 Å². The van der Waals surface area contributed by atoms with Gasteiger partial charge in [0.05, 0.1) is 12.6 Å². The maximum atomic E-state index is 12.8. The molecule has 2 unspecified atom stereocenters. The van der Waals surface area contributed by atoms with Crippen LogP contribution in [0.4, 0.5) is 0 Å². The maximum absolute atomic E-state index is 12.8. The third-order valence-corrected chi connectivity index (χ3v) is 4.42. The van der Waals surface area contributed by atoms with Gasteiger partial charge >= 0.3 is 0 Å². The average molecular weight is 275 g/mol. The molecule has 110 valence electrons. The van der Waals surface area contributed by atoms with E-state index in [9.17, 15) is 9.90 Å². The molecule has 20 heavy (non-hydrogen) atoms. The van der Waals surface area contributed by atoms with Crippen molar-refractivity contribution in [3.8, 4) is 0 Å². The standard InChI is InChI=1S/C17H25NO2/c1-12-7-8-13(2)16(10-12)17(20)14(3)18-9-5-4-6-15(18)11-19/h7-8,10,14-15,19H,4-6,9,11H2,1-3H3. The highest BCUT2D eigenvalue weighted by Crippen LogP contribution is 2.22. The smallest absolute Gasteiger partial charge is 0.179 e. The Kier molecular flexibility index (Phi) is 4.95. The van der Waals surface area contributed by atoms with Gasteiger partial charge in [0.2, 0.25) is 0 Å². The van der Waals surface area contributed by atoms with Crippen LogP contribution in [0.3, 0.4) is 0 Å². The summed E-state index contributed by atoms with van der Waals surface area (Å²) in [6.45, 7) is 7.02. The number of ketones is 1. The normalized spacial score (nSPS) is 21.7. The number of carbonyl (C=O) groups excluding carboxylic acids is 1. The molecule has 3 nitrogen and oxygen atoms in total. The van der Waals surface area contributed by atoms with Gasteiger partial charge in [0, 0.05) is 11.6 Å². The third-order valence-electron chi connectivity index (χ3n) is 4.42. The Balaban J connectivity index is 2.21. The number of hydrogen-bond acceptors (Lipinski definition) is 3. The van der Waals surface area contributed by atoms with E-state index in [1.54, 1.807) is 0 Å². The summed E-state index contributed by atoms with van der Waals surface area (Å²) in [5.74, 6) is 0.173. The lowest BCUT2D eigenvalue weighted by Gasteiger charge is -2.38. The van der Waals surface area contributed by atoms with E-state index in [0.717, 1.165) is 42.5 Å². The van der Waals surface area contributed by atoms with Crippen molar-refractivity contribution in [2.75, 3.05) is 13.2 Å². The summed E-state index contributed by atoms with van der Waals surface area (Å²) in [7, 11) is 0. The van der Waals surface area contributed by atoms with E-state index in [1.165, 1.54) is 0 Å². The van der Waals surface area contributed by atoms with Crippen LogP contribution in [0.2, 0.25) is 0 Å². The molecule has 0 bridgehead atoms. The quantitative estimate of drug-likeness (QED) is 0.859. The molecule has 1 N–H and O–H groups in total. The number of aliphatic hydroxyl groups excluding tert-OH is 1. The Labute approximate surface area is 121 Å². The van der Waals surface area contributed by atoms with Crippen LogP contribution in [-0.2, 0) is 0 Å². The average Bonchev–Trinajstić information content (AvgIpc) is 2.48. The number of likely N-dealkylation sites (tertiary alicyclic amines) is 1. The summed E-state index contributed by atoms with van der Waals surface area (Å²) in [6.07, 6.45) is 3.24. The van der Waals surface area contributed by atoms with Crippen molar-refractivity contribution in [1.29, 1.82) is 0 Å². The third kappa shape index (κ3) is 3.10. The Morgan fingerprint density at radius 3 is 2.85 bits per heavy atom. The predicted molar refractivity (Wildman–Crippen MR) is 81.1 cm³/mol. The fraction of sp³-hybridized carbons (Fsp3) is 0.588. The van der Waals surface area contributed by atoms with E-state index in [-0.39, 0.29) is 24.5 Å². The van der Waals surface area contributed by atoms with Gasteiger partial charge in [0.25, 0.3) is 0 Å². The minimum atomic E-state index is -0.159. The molecule has 0 radical (unpaired) electrons. The first-order valence-corrected chi connectivity index (χ1v) is 7.52. The topological polar surface area (TPSA) is 40.5 Å². The molecule has 1 heterocycles. The first kappa shape index (κ1) is 15.2. The summed E-state index contributed by atoms with van der Waals surface area (Å²) in [4.78, 5) is 14.9. The molecule has 0 aliphatic carbocycles. The molecular formula is C17H25NO2. The molecule has 3 heteroatoms. The molecule has 1 saturated heterocycles. The van der Waals surface area contributed by atoms with Crippen LogP contribution in [0.1, 0.15) is 47.7 Å². The van der Waals surface area contributed by atoms with Gasteiger partial charge in [-0.25, -0.2) is 0 Å². The van der Waals surface area contributed by atoms with Crippen molar-refractivity contribution in [3.63, 3.8) is 0 Å². The summed E-state index contributed by atoms with van der Waals surface area (Å²) in [5.41, 5.74) is 2.97. The van der Waals surface area contributed by atoms with Crippen molar-refractivity contribution >= 4 is 5.78 Å². The highest BCUT2D eigenvalue weighted by molar-refractivity contribution is 6.01. The monoisotopic (exact) mass is 275 g/mol. The van der Waals surface area contributed by atoms with Crippen molar-refractivity contribution in [2.45, 2.75) is 52.1 Å². The number of nitrogens with zero attached hydrogens (tertiary/aromatic N) is 1. The Bertz CT molecular complexity index is 484. The predicted octanol–water partition coefficient (Wildman–Crippen LogP) is 2.72. The molecule has 0 spiro atoms. The van der Waals surface area contributed by atoms with E-state index < -0.39 is 0 Å². The summed E-state index contributed by atoms with van der Waals surface area (Å²) in [5, 5.41) is 9.51. The summed E-state index contributed by atoms with van der Waals surface area (Å²) < 4.78 is 0. The molecule has 2 atom stereocenters. The lowest BCUT2D eigenvalue weighted by Crippen LogP contribution is -2.50. The van der Waals surface area contributed by atoms with Crippen LogP contribution in [0, 0.1) is 13.8 Å². The SMILES string of the molecule is Cc1ccc(C)c(C(=O)C(C)N2CCCCC2CO)c1. The molecular weight excluding hydrogens is 250 g/mol. The van der Waals surface area contributed by atoms with Crippen LogP contribution in [0.15, 0.2) is 18.2 Å². The van der Waals surface area contributed by atoms with Gasteiger partial charge in [-0.05, 0) is 51.8 Å². The Morgan fingerprint density at radius 1 is 1.40 bits per heavy atom. The van der Waals surface area contributed by atoms with Crippen LogP contribution >= 0.6 is 0 Å². The number of carbonyl (C=O) groups is 1. The van der Waals surface area contributed by atoms with E-state index in [1.807, 2.05) is 39.0 Å². The van der Waals surface area contributed by atoms with Gasteiger partial charge < -0.3 is 5.11 Å². The highest BCUT2D eigenvalue weighted by atomic mass is 16.3. The first-order chi connectivity index (χ1) is 9.54. The Morgan fingerprint density at radius 2 is 2.15 bits per heavy atom. The number of benzene rings is 1. The molecule has 0 amide bonds. The second-order valence-corrected chi connectivity index (χ2v) is 5.93. The molecule has 1 fully saturated rings. The van der Waals surface area contributed by atoms with Gasteiger partial charge in [0.1, 0.15) is 0 Å². The van der Waals surface area contributed by atoms with Crippen molar-refractivity contribution < 1.29 is 9.90 Å². The summed E-state index contributed by atoms with van der Waals surface area (Å²) >= 11 is 0. The largest absolute Gasteiger partial charge is 0.395 e. The zero-order valence-corrected chi connectivity index (χ0v) is 12.7.